The van der Waals surface area contributed by atoms with Gasteiger partial charge in [0.2, 0.25) is 0 Å². The monoisotopic (exact) mass is 647 g/mol. The quantitative estimate of drug-likeness (QED) is 0.0414. The van der Waals surface area contributed by atoms with Crippen LogP contribution in [0.25, 0.3) is 0 Å². The molecule has 0 aliphatic carbocycles. The lowest BCUT2D eigenvalue weighted by Gasteiger charge is -2.14. The minimum Gasteiger partial charge on any atom is -0.481 e. The molecule has 0 amide bonds. The minimum atomic E-state index is -0.724. The molecule has 46 heavy (non-hydrogen) atoms. The summed E-state index contributed by atoms with van der Waals surface area (Å²) in [6, 6.07) is 0. The van der Waals surface area contributed by atoms with Crippen molar-refractivity contribution in [3.05, 3.63) is 24.3 Å². The molecule has 0 aromatic rings. The summed E-state index contributed by atoms with van der Waals surface area (Å²) in [5, 5.41) is 8.82. The van der Waals surface area contributed by atoms with Crippen LogP contribution >= 0.6 is 0 Å². The third-order valence-electron chi connectivity index (χ3n) is 9.16. The predicted molar refractivity (Wildman–Crippen MR) is 200 cm³/mol. The first-order chi connectivity index (χ1) is 22.6. The molecule has 0 radical (unpaired) electrons. The van der Waals surface area contributed by atoms with Gasteiger partial charge in [0.05, 0.1) is 0 Å². The van der Waals surface area contributed by atoms with Gasteiger partial charge in [-0.25, -0.2) is 0 Å². The van der Waals surface area contributed by atoms with Crippen molar-refractivity contribution in [2.75, 3.05) is 0 Å². The summed E-state index contributed by atoms with van der Waals surface area (Å²) in [5.41, 5.74) is 0. The van der Waals surface area contributed by atoms with Gasteiger partial charge < -0.3 is 9.84 Å². The van der Waals surface area contributed by atoms with Crippen LogP contribution in [0.15, 0.2) is 24.3 Å². The van der Waals surface area contributed by atoms with Gasteiger partial charge in [0, 0.05) is 12.8 Å². The van der Waals surface area contributed by atoms with Crippen molar-refractivity contribution < 1.29 is 19.4 Å². The number of allylic oxidation sites excluding steroid dienone is 3. The van der Waals surface area contributed by atoms with E-state index in [0.717, 1.165) is 57.8 Å². The highest BCUT2D eigenvalue weighted by Crippen LogP contribution is 2.17. The number of carbonyl (C=O) groups excluding carboxylic acids is 1. The fraction of sp³-hybridized carbons (Fsp3) is 0.857. The number of hydrogen-bond acceptors (Lipinski definition) is 3. The van der Waals surface area contributed by atoms with E-state index in [9.17, 15) is 9.59 Å². The standard InChI is InChI=1S/C42H78O4/c1-3-5-7-9-11-13-14-15-16-17-18-19-20-21-22-23-24-25-27-29-35-39-42(45)46-40(37-33-30-31-34-38-41(43)44)36-32-28-26-12-10-8-6-4-2/h12,26,32,36,40H,3-11,13-25,27-31,33-35,37-39H2,1-2H3,(H,43,44)/b26-12-,36-32-. The van der Waals surface area contributed by atoms with Crippen LogP contribution in [0.5, 0.6) is 0 Å². The number of unbranched alkanes of at least 4 members (excludes halogenated alkanes) is 26. The number of rotatable bonds is 37. The molecule has 1 N–H and O–H groups in total. The maximum atomic E-state index is 12.6. The molecule has 270 valence electrons. The van der Waals surface area contributed by atoms with E-state index < -0.39 is 5.97 Å². The van der Waals surface area contributed by atoms with Crippen molar-refractivity contribution in [2.24, 2.45) is 0 Å². The third-order valence-corrected chi connectivity index (χ3v) is 9.16. The van der Waals surface area contributed by atoms with Gasteiger partial charge in [0.15, 0.2) is 0 Å². The molecule has 0 aliphatic heterocycles. The van der Waals surface area contributed by atoms with Crippen molar-refractivity contribution in [1.29, 1.82) is 0 Å². The number of carboxylic acids is 1. The molecular weight excluding hydrogens is 568 g/mol. The normalized spacial score (nSPS) is 12.4. The Balaban J connectivity index is 3.82. The number of ether oxygens (including phenoxy) is 1. The van der Waals surface area contributed by atoms with Crippen LogP contribution in [0.4, 0.5) is 0 Å². The van der Waals surface area contributed by atoms with Crippen molar-refractivity contribution >= 4 is 11.9 Å². The van der Waals surface area contributed by atoms with Gasteiger partial charge >= 0.3 is 11.9 Å². The summed E-state index contributed by atoms with van der Waals surface area (Å²) < 4.78 is 5.85. The lowest BCUT2D eigenvalue weighted by molar-refractivity contribution is -0.147. The molecule has 0 aromatic carbocycles. The molecular formula is C42H78O4. The SMILES string of the molecule is CCCCC/C=C\C/C=C\C(CCCCCCC(=O)O)OC(=O)CCCCCCCCCCCCCCCCCCCCCCC. The fourth-order valence-electron chi connectivity index (χ4n) is 6.13. The third kappa shape index (κ3) is 36.9. The Morgan fingerprint density at radius 1 is 0.500 bits per heavy atom. The first-order valence-corrected chi connectivity index (χ1v) is 20.3. The Labute approximate surface area is 287 Å². The van der Waals surface area contributed by atoms with Crippen molar-refractivity contribution in [2.45, 2.75) is 232 Å². The van der Waals surface area contributed by atoms with Crippen LogP contribution in [0.2, 0.25) is 0 Å². The van der Waals surface area contributed by atoms with Gasteiger partial charge in [-0.1, -0.05) is 186 Å². The lowest BCUT2D eigenvalue weighted by Crippen LogP contribution is -2.16. The first kappa shape index (κ1) is 44.4. The first-order valence-electron chi connectivity index (χ1n) is 20.3. The smallest absolute Gasteiger partial charge is 0.306 e. The Kier molecular flexibility index (Phi) is 36.6. The van der Waals surface area contributed by atoms with Crippen LogP contribution in [-0.4, -0.2) is 23.1 Å². The Morgan fingerprint density at radius 3 is 1.39 bits per heavy atom. The van der Waals surface area contributed by atoms with Gasteiger partial charge in [0.1, 0.15) is 6.10 Å². The van der Waals surface area contributed by atoms with Crippen LogP contribution in [0.3, 0.4) is 0 Å². The van der Waals surface area contributed by atoms with E-state index in [4.69, 9.17) is 9.84 Å². The maximum Gasteiger partial charge on any atom is 0.306 e. The van der Waals surface area contributed by atoms with Crippen LogP contribution < -0.4 is 0 Å². The van der Waals surface area contributed by atoms with E-state index >= 15 is 0 Å². The van der Waals surface area contributed by atoms with Gasteiger partial charge in [0.25, 0.3) is 0 Å². The molecule has 0 bridgehead atoms. The maximum absolute atomic E-state index is 12.6. The van der Waals surface area contributed by atoms with Gasteiger partial charge in [-0.15, -0.1) is 0 Å². The zero-order chi connectivity index (χ0) is 33.6. The van der Waals surface area contributed by atoms with E-state index in [0.29, 0.717) is 6.42 Å². The molecule has 4 heteroatoms. The van der Waals surface area contributed by atoms with E-state index in [1.54, 1.807) is 0 Å². The number of carboxylic acid groups (broad SMARTS) is 1. The summed E-state index contributed by atoms with van der Waals surface area (Å²) in [5.74, 6) is -0.800. The van der Waals surface area contributed by atoms with Crippen molar-refractivity contribution in [3.63, 3.8) is 0 Å². The molecule has 0 aromatic heterocycles. The Hall–Kier alpha value is -1.58. The van der Waals surface area contributed by atoms with Crippen LogP contribution in [0.1, 0.15) is 226 Å². The number of hydrogen-bond donors (Lipinski definition) is 1. The molecule has 0 saturated heterocycles. The average molecular weight is 647 g/mol. The lowest BCUT2D eigenvalue weighted by atomic mass is 10.0. The van der Waals surface area contributed by atoms with E-state index in [1.807, 2.05) is 0 Å². The van der Waals surface area contributed by atoms with Gasteiger partial charge in [-0.05, 0) is 51.0 Å². The second kappa shape index (κ2) is 37.9. The highest BCUT2D eigenvalue weighted by molar-refractivity contribution is 5.69. The van der Waals surface area contributed by atoms with Crippen LogP contribution in [-0.2, 0) is 14.3 Å². The summed E-state index contributed by atoms with van der Waals surface area (Å²) in [6.45, 7) is 4.52. The predicted octanol–water partition coefficient (Wildman–Crippen LogP) is 14.0. The molecule has 0 saturated carbocycles. The highest BCUT2D eigenvalue weighted by Gasteiger charge is 2.11. The summed E-state index contributed by atoms with van der Waals surface area (Å²) in [6.07, 6.45) is 48.0. The van der Waals surface area contributed by atoms with Crippen molar-refractivity contribution in [3.8, 4) is 0 Å². The molecule has 0 heterocycles. The van der Waals surface area contributed by atoms with E-state index in [-0.39, 0.29) is 18.5 Å². The van der Waals surface area contributed by atoms with E-state index in [2.05, 4.69) is 38.2 Å². The molecule has 0 rings (SSSR count). The Bertz CT molecular complexity index is 698. The second-order valence-electron chi connectivity index (χ2n) is 13.8. The Morgan fingerprint density at radius 2 is 0.913 bits per heavy atom. The number of aliphatic carboxylic acids is 1. The molecule has 0 aliphatic rings. The topological polar surface area (TPSA) is 63.6 Å². The molecule has 0 spiro atoms. The summed E-state index contributed by atoms with van der Waals surface area (Å²) >= 11 is 0. The summed E-state index contributed by atoms with van der Waals surface area (Å²) in [4.78, 5) is 23.3. The number of esters is 1. The number of carbonyl (C=O) groups is 2. The van der Waals surface area contributed by atoms with Crippen LogP contribution in [0, 0.1) is 0 Å². The van der Waals surface area contributed by atoms with Gasteiger partial charge in [-0.2, -0.15) is 0 Å². The fourth-order valence-corrected chi connectivity index (χ4v) is 6.13. The highest BCUT2D eigenvalue weighted by atomic mass is 16.5. The molecule has 4 nitrogen and oxygen atoms in total. The average Bonchev–Trinajstić information content (AvgIpc) is 3.04. The largest absolute Gasteiger partial charge is 0.481 e. The van der Waals surface area contributed by atoms with E-state index in [1.165, 1.54) is 141 Å². The second-order valence-corrected chi connectivity index (χ2v) is 13.8. The minimum absolute atomic E-state index is 0.0755. The molecule has 1 atom stereocenters. The van der Waals surface area contributed by atoms with Crippen molar-refractivity contribution in [1.82, 2.24) is 0 Å². The molecule has 0 fully saturated rings. The van der Waals surface area contributed by atoms with Gasteiger partial charge in [-0.3, -0.25) is 9.59 Å². The zero-order valence-corrected chi connectivity index (χ0v) is 30.9. The zero-order valence-electron chi connectivity index (χ0n) is 30.9. The molecule has 1 unspecified atom stereocenters. The summed E-state index contributed by atoms with van der Waals surface area (Å²) in [7, 11) is 0.